The van der Waals surface area contributed by atoms with Gasteiger partial charge >= 0.3 is 0 Å². The van der Waals surface area contributed by atoms with Crippen LogP contribution < -0.4 is 5.32 Å². The van der Waals surface area contributed by atoms with Crippen molar-refractivity contribution in [3.8, 4) is 0 Å². The van der Waals surface area contributed by atoms with E-state index in [0.717, 1.165) is 25.3 Å². The molecule has 0 aliphatic heterocycles. The van der Waals surface area contributed by atoms with Crippen molar-refractivity contribution in [3.63, 3.8) is 0 Å². The molecular formula is C12H18N4S. The molecule has 2 aromatic heterocycles. The molecule has 0 bridgehead atoms. The number of aromatic nitrogens is 3. The molecule has 2 aromatic rings. The highest BCUT2D eigenvalue weighted by molar-refractivity contribution is 7.09. The molecule has 92 valence electrons. The maximum atomic E-state index is 4.38. The summed E-state index contributed by atoms with van der Waals surface area (Å²) in [6.07, 6.45) is 5.88. The van der Waals surface area contributed by atoms with Gasteiger partial charge in [-0.3, -0.25) is 4.98 Å². The molecule has 0 radical (unpaired) electrons. The van der Waals surface area contributed by atoms with E-state index in [1.807, 2.05) is 18.0 Å². The molecule has 2 heterocycles. The monoisotopic (exact) mass is 250 g/mol. The van der Waals surface area contributed by atoms with Crippen LogP contribution in [-0.4, -0.2) is 21.1 Å². The largest absolute Gasteiger partial charge is 0.332 e. The first-order chi connectivity index (χ1) is 8.24. The first kappa shape index (κ1) is 12.3. The predicted octanol–water partition coefficient (Wildman–Crippen LogP) is 2.13. The molecule has 0 unspecified atom stereocenters. The fourth-order valence-electron chi connectivity index (χ4n) is 1.57. The minimum atomic E-state index is 0.675. The van der Waals surface area contributed by atoms with Crippen molar-refractivity contribution in [3.05, 3.63) is 34.8 Å². The molecule has 0 spiro atoms. The van der Waals surface area contributed by atoms with Gasteiger partial charge in [-0.05, 0) is 12.5 Å². The van der Waals surface area contributed by atoms with E-state index >= 15 is 0 Å². The van der Waals surface area contributed by atoms with Crippen LogP contribution in [0.2, 0.25) is 0 Å². The van der Waals surface area contributed by atoms with Gasteiger partial charge in [0.15, 0.2) is 0 Å². The number of thiazole rings is 1. The Balaban J connectivity index is 1.83. The van der Waals surface area contributed by atoms with E-state index < -0.39 is 0 Å². The fraction of sp³-hybridized carbons (Fsp3) is 0.500. The molecule has 17 heavy (non-hydrogen) atoms. The van der Waals surface area contributed by atoms with Gasteiger partial charge in [0.2, 0.25) is 0 Å². The first-order valence-corrected chi connectivity index (χ1v) is 6.70. The van der Waals surface area contributed by atoms with Crippen molar-refractivity contribution in [2.75, 3.05) is 6.54 Å². The van der Waals surface area contributed by atoms with E-state index in [2.05, 4.69) is 39.9 Å². The Bertz CT molecular complexity index is 433. The number of rotatable bonds is 6. The van der Waals surface area contributed by atoms with Crippen LogP contribution >= 0.6 is 11.3 Å². The number of nitrogens with zero attached hydrogens (tertiary/aromatic N) is 3. The Kier molecular flexibility index (Phi) is 4.28. The minimum Gasteiger partial charge on any atom is -0.332 e. The van der Waals surface area contributed by atoms with Gasteiger partial charge < -0.3 is 9.88 Å². The van der Waals surface area contributed by atoms with Gasteiger partial charge in [-0.25, -0.2) is 4.98 Å². The normalized spacial score (nSPS) is 11.2. The molecule has 0 atom stereocenters. The summed E-state index contributed by atoms with van der Waals surface area (Å²) in [6.45, 7) is 7.14. The van der Waals surface area contributed by atoms with E-state index in [4.69, 9.17) is 0 Å². The SMILES string of the molecule is CC(C)CNCc1cn(Cc2cncs2)cn1. The molecule has 4 nitrogen and oxygen atoms in total. The van der Waals surface area contributed by atoms with Gasteiger partial charge in [0, 0.05) is 23.8 Å². The smallest absolute Gasteiger partial charge is 0.0953 e. The summed E-state index contributed by atoms with van der Waals surface area (Å²) in [7, 11) is 0. The maximum Gasteiger partial charge on any atom is 0.0953 e. The van der Waals surface area contributed by atoms with Crippen molar-refractivity contribution in [1.82, 2.24) is 19.9 Å². The highest BCUT2D eigenvalue weighted by Crippen LogP contribution is 2.08. The zero-order chi connectivity index (χ0) is 12.1. The van der Waals surface area contributed by atoms with Gasteiger partial charge in [0.1, 0.15) is 0 Å². The Labute approximate surface area is 106 Å². The summed E-state index contributed by atoms with van der Waals surface area (Å²) in [6, 6.07) is 0. The highest BCUT2D eigenvalue weighted by Gasteiger charge is 2.01. The Morgan fingerprint density at radius 2 is 2.35 bits per heavy atom. The lowest BCUT2D eigenvalue weighted by atomic mass is 10.2. The van der Waals surface area contributed by atoms with Gasteiger partial charge in [0.05, 0.1) is 24.1 Å². The Morgan fingerprint density at radius 1 is 1.47 bits per heavy atom. The van der Waals surface area contributed by atoms with Crippen molar-refractivity contribution in [2.24, 2.45) is 5.92 Å². The predicted molar refractivity (Wildman–Crippen MR) is 70.0 cm³/mol. The lowest BCUT2D eigenvalue weighted by molar-refractivity contribution is 0.548. The second-order valence-corrected chi connectivity index (χ2v) is 5.50. The molecule has 0 aromatic carbocycles. The van der Waals surface area contributed by atoms with Crippen LogP contribution in [0.1, 0.15) is 24.4 Å². The second kappa shape index (κ2) is 5.93. The van der Waals surface area contributed by atoms with E-state index in [1.54, 1.807) is 11.3 Å². The van der Waals surface area contributed by atoms with Crippen LogP contribution in [-0.2, 0) is 13.1 Å². The summed E-state index contributed by atoms with van der Waals surface area (Å²) < 4.78 is 2.10. The second-order valence-electron chi connectivity index (χ2n) is 4.53. The lowest BCUT2D eigenvalue weighted by Crippen LogP contribution is -2.19. The van der Waals surface area contributed by atoms with Crippen LogP contribution in [0, 0.1) is 5.92 Å². The first-order valence-electron chi connectivity index (χ1n) is 5.83. The van der Waals surface area contributed by atoms with Gasteiger partial charge in [-0.2, -0.15) is 0 Å². The zero-order valence-electron chi connectivity index (χ0n) is 10.3. The standard InChI is InChI=1S/C12H18N4S/c1-10(2)3-13-4-11-6-16(8-15-11)7-12-5-14-9-17-12/h5-6,8-10,13H,3-4,7H2,1-2H3. The van der Waals surface area contributed by atoms with E-state index in [1.165, 1.54) is 4.88 Å². The third-order valence-corrected chi connectivity index (χ3v) is 3.13. The molecular weight excluding hydrogens is 232 g/mol. The average Bonchev–Trinajstić information content (AvgIpc) is 2.90. The van der Waals surface area contributed by atoms with Gasteiger partial charge in [-0.1, -0.05) is 13.8 Å². The third kappa shape index (κ3) is 3.94. The van der Waals surface area contributed by atoms with Crippen LogP contribution in [0.25, 0.3) is 0 Å². The number of imidazole rings is 1. The van der Waals surface area contributed by atoms with Crippen molar-refractivity contribution < 1.29 is 0 Å². The van der Waals surface area contributed by atoms with Crippen molar-refractivity contribution in [1.29, 1.82) is 0 Å². The summed E-state index contributed by atoms with van der Waals surface area (Å²) >= 11 is 1.67. The topological polar surface area (TPSA) is 42.7 Å². The molecule has 0 aliphatic rings. The average molecular weight is 250 g/mol. The minimum absolute atomic E-state index is 0.675. The van der Waals surface area contributed by atoms with E-state index in [9.17, 15) is 0 Å². The van der Waals surface area contributed by atoms with E-state index in [0.29, 0.717) is 5.92 Å². The van der Waals surface area contributed by atoms with Gasteiger partial charge in [0.25, 0.3) is 0 Å². The lowest BCUT2D eigenvalue weighted by Gasteiger charge is -2.04. The highest BCUT2D eigenvalue weighted by atomic mass is 32.1. The molecule has 0 aliphatic carbocycles. The molecule has 0 amide bonds. The zero-order valence-corrected chi connectivity index (χ0v) is 11.1. The summed E-state index contributed by atoms with van der Waals surface area (Å²) in [4.78, 5) is 9.70. The van der Waals surface area contributed by atoms with Crippen LogP contribution in [0.5, 0.6) is 0 Å². The fourth-order valence-corrected chi connectivity index (χ4v) is 2.18. The summed E-state index contributed by atoms with van der Waals surface area (Å²) in [5.74, 6) is 0.675. The van der Waals surface area contributed by atoms with Crippen LogP contribution in [0.4, 0.5) is 0 Å². The van der Waals surface area contributed by atoms with Crippen LogP contribution in [0.3, 0.4) is 0 Å². The number of hydrogen-bond acceptors (Lipinski definition) is 4. The molecule has 0 saturated carbocycles. The third-order valence-electron chi connectivity index (χ3n) is 2.37. The number of hydrogen-bond donors (Lipinski definition) is 1. The molecule has 0 saturated heterocycles. The number of nitrogens with one attached hydrogen (secondary N) is 1. The quantitative estimate of drug-likeness (QED) is 0.854. The van der Waals surface area contributed by atoms with Crippen LogP contribution in [0.15, 0.2) is 24.2 Å². The molecule has 1 N–H and O–H groups in total. The van der Waals surface area contributed by atoms with Crippen molar-refractivity contribution >= 4 is 11.3 Å². The summed E-state index contributed by atoms with van der Waals surface area (Å²) in [5, 5.41) is 3.39. The molecule has 0 fully saturated rings. The van der Waals surface area contributed by atoms with Gasteiger partial charge in [-0.15, -0.1) is 11.3 Å². The Hall–Kier alpha value is -1.20. The summed E-state index contributed by atoms with van der Waals surface area (Å²) in [5.41, 5.74) is 2.95. The van der Waals surface area contributed by atoms with Crippen molar-refractivity contribution in [2.45, 2.75) is 26.9 Å². The Morgan fingerprint density at radius 3 is 3.06 bits per heavy atom. The maximum absolute atomic E-state index is 4.38. The molecule has 2 rings (SSSR count). The van der Waals surface area contributed by atoms with E-state index in [-0.39, 0.29) is 0 Å². The molecule has 5 heteroatoms.